The van der Waals surface area contributed by atoms with E-state index in [0.29, 0.717) is 12.2 Å². The summed E-state index contributed by atoms with van der Waals surface area (Å²) in [6, 6.07) is 0. The van der Waals surface area contributed by atoms with Gasteiger partial charge in [-0.3, -0.25) is 0 Å². The molecule has 1 aliphatic rings. The van der Waals surface area contributed by atoms with Crippen LogP contribution in [-0.2, 0) is 4.79 Å². The number of hydrogen-bond donors (Lipinski definition) is 2. The number of carbonyl (C=O) groups is 1. The zero-order valence-electron chi connectivity index (χ0n) is 8.89. The van der Waals surface area contributed by atoms with Gasteiger partial charge in [-0.2, -0.15) is 0 Å². The summed E-state index contributed by atoms with van der Waals surface area (Å²) in [7, 11) is 0. The molecule has 0 spiro atoms. The zero-order chi connectivity index (χ0) is 11.6. The van der Waals surface area contributed by atoms with E-state index in [9.17, 15) is 9.90 Å². The number of aliphatic imine (C=N–C) groups is 1. The Labute approximate surface area is 92.5 Å². The molecule has 0 saturated heterocycles. The number of aliphatic hydroxyl groups is 1. The standard InChI is InChI=1S/C9H14N2O3S/c1-4-11-5(2)6(8(13)14)7(12)10-9(11)15-3/h9H,4H2,1-3H3,(H,10,12)(H,13,14). The number of allylic oxidation sites excluding steroid dienone is 1. The predicted molar refractivity (Wildman–Crippen MR) is 60.1 cm³/mol. The Morgan fingerprint density at radius 1 is 1.67 bits per heavy atom. The lowest BCUT2D eigenvalue weighted by Crippen LogP contribution is -2.37. The number of thioether (sulfide) groups is 1. The first-order valence-corrected chi connectivity index (χ1v) is 5.82. The Kier molecular flexibility index (Phi) is 3.62. The number of nitrogens with zero attached hydrogens (tertiary/aromatic N) is 2. The van der Waals surface area contributed by atoms with E-state index in [0.717, 1.165) is 0 Å². The fraction of sp³-hybridized carbons (Fsp3) is 0.556. The Morgan fingerprint density at radius 2 is 2.27 bits per heavy atom. The van der Waals surface area contributed by atoms with Gasteiger partial charge in [0.15, 0.2) is 5.50 Å². The van der Waals surface area contributed by atoms with Crippen LogP contribution in [0, 0.1) is 0 Å². The van der Waals surface area contributed by atoms with Gasteiger partial charge >= 0.3 is 5.97 Å². The lowest BCUT2D eigenvalue weighted by atomic mass is 10.1. The van der Waals surface area contributed by atoms with Gasteiger partial charge in [0, 0.05) is 12.2 Å². The number of carboxylic acids is 1. The summed E-state index contributed by atoms with van der Waals surface area (Å²) in [5, 5.41) is 18.4. The Balaban J connectivity index is 3.16. The first kappa shape index (κ1) is 11.9. The van der Waals surface area contributed by atoms with Crippen molar-refractivity contribution in [3.63, 3.8) is 0 Å². The minimum absolute atomic E-state index is 0.109. The third-order valence-corrected chi connectivity index (χ3v) is 3.06. The van der Waals surface area contributed by atoms with Crippen molar-refractivity contribution < 1.29 is 15.0 Å². The minimum Gasteiger partial charge on any atom is -0.493 e. The second-order valence-corrected chi connectivity index (χ2v) is 3.96. The van der Waals surface area contributed by atoms with E-state index in [1.807, 2.05) is 18.1 Å². The molecule has 1 unspecified atom stereocenters. The Morgan fingerprint density at radius 3 is 2.67 bits per heavy atom. The molecule has 0 bridgehead atoms. The van der Waals surface area contributed by atoms with Gasteiger partial charge in [0.25, 0.3) is 0 Å². The third kappa shape index (κ3) is 2.09. The Hall–Kier alpha value is -1.17. The molecule has 0 fully saturated rings. The monoisotopic (exact) mass is 230 g/mol. The van der Waals surface area contributed by atoms with Crippen LogP contribution in [0.1, 0.15) is 13.8 Å². The van der Waals surface area contributed by atoms with Crippen LogP contribution in [-0.4, -0.2) is 45.3 Å². The lowest BCUT2D eigenvalue weighted by molar-refractivity contribution is -0.132. The molecule has 0 aromatic rings. The van der Waals surface area contributed by atoms with E-state index in [1.165, 1.54) is 11.8 Å². The van der Waals surface area contributed by atoms with E-state index in [2.05, 4.69) is 4.99 Å². The molecule has 0 radical (unpaired) electrons. The Bertz CT molecular complexity index is 338. The average Bonchev–Trinajstić information content (AvgIpc) is 2.16. The molecule has 2 N–H and O–H groups in total. The van der Waals surface area contributed by atoms with Crippen LogP contribution in [0.15, 0.2) is 16.3 Å². The van der Waals surface area contributed by atoms with Gasteiger partial charge in [-0.25, -0.2) is 9.79 Å². The summed E-state index contributed by atoms with van der Waals surface area (Å²) in [5.41, 5.74) is 0.206. The van der Waals surface area contributed by atoms with Gasteiger partial charge < -0.3 is 15.1 Å². The summed E-state index contributed by atoms with van der Waals surface area (Å²) in [6.45, 7) is 4.26. The van der Waals surface area contributed by atoms with E-state index in [4.69, 9.17) is 5.11 Å². The van der Waals surface area contributed by atoms with Crippen LogP contribution < -0.4 is 0 Å². The molecule has 0 aliphatic carbocycles. The fourth-order valence-electron chi connectivity index (χ4n) is 1.53. The maximum absolute atomic E-state index is 10.9. The molecule has 0 amide bonds. The number of carboxylic acid groups (broad SMARTS) is 1. The molecular formula is C9H14N2O3S. The molecular weight excluding hydrogens is 216 g/mol. The van der Waals surface area contributed by atoms with E-state index < -0.39 is 5.97 Å². The van der Waals surface area contributed by atoms with Gasteiger partial charge in [-0.15, -0.1) is 11.8 Å². The maximum Gasteiger partial charge on any atom is 0.342 e. The topological polar surface area (TPSA) is 73.1 Å². The normalized spacial score (nSPS) is 21.7. The van der Waals surface area contributed by atoms with Gasteiger partial charge in [0.2, 0.25) is 5.90 Å². The molecule has 1 atom stereocenters. The third-order valence-electron chi connectivity index (χ3n) is 2.28. The smallest absolute Gasteiger partial charge is 0.342 e. The van der Waals surface area contributed by atoms with Crippen molar-refractivity contribution in [1.29, 1.82) is 0 Å². The van der Waals surface area contributed by atoms with Crippen molar-refractivity contribution in [2.45, 2.75) is 19.3 Å². The summed E-state index contributed by atoms with van der Waals surface area (Å²) >= 11 is 1.45. The molecule has 5 nitrogen and oxygen atoms in total. The van der Waals surface area contributed by atoms with Gasteiger partial charge in [-0.1, -0.05) is 0 Å². The summed E-state index contributed by atoms with van der Waals surface area (Å²) in [5.74, 6) is -1.53. The van der Waals surface area contributed by atoms with Gasteiger partial charge in [0.05, 0.1) is 0 Å². The number of aliphatic carboxylic acids is 1. The molecule has 1 rings (SSSR count). The van der Waals surface area contributed by atoms with Crippen LogP contribution in [0.3, 0.4) is 0 Å². The van der Waals surface area contributed by atoms with Crippen molar-refractivity contribution in [3.05, 3.63) is 11.3 Å². The molecule has 0 saturated carbocycles. The second kappa shape index (κ2) is 4.57. The van der Waals surface area contributed by atoms with Crippen molar-refractivity contribution in [2.75, 3.05) is 12.8 Å². The van der Waals surface area contributed by atoms with Crippen LogP contribution in [0.4, 0.5) is 0 Å². The SMILES string of the molecule is CCN1C(C)=C(C(=O)O)C(O)=NC1SC. The molecule has 6 heteroatoms. The van der Waals surface area contributed by atoms with Crippen LogP contribution in [0.2, 0.25) is 0 Å². The molecule has 84 valence electrons. The summed E-state index contributed by atoms with van der Waals surface area (Å²) < 4.78 is 0. The van der Waals surface area contributed by atoms with Crippen LogP contribution in [0.25, 0.3) is 0 Å². The van der Waals surface area contributed by atoms with E-state index >= 15 is 0 Å². The predicted octanol–water partition coefficient (Wildman–Crippen LogP) is 1.28. The van der Waals surface area contributed by atoms with Crippen molar-refractivity contribution in [3.8, 4) is 0 Å². The van der Waals surface area contributed by atoms with Crippen LogP contribution >= 0.6 is 11.8 Å². The first-order valence-electron chi connectivity index (χ1n) is 4.53. The highest BCUT2D eigenvalue weighted by Gasteiger charge is 2.29. The number of aliphatic hydroxyl groups excluding tert-OH is 1. The molecule has 0 aromatic heterocycles. The highest BCUT2D eigenvalue weighted by Crippen LogP contribution is 2.26. The summed E-state index contributed by atoms with van der Waals surface area (Å²) in [6.07, 6.45) is 1.86. The second-order valence-electron chi connectivity index (χ2n) is 3.07. The molecule has 0 aromatic carbocycles. The minimum atomic E-state index is -1.15. The van der Waals surface area contributed by atoms with Crippen molar-refractivity contribution in [1.82, 2.24) is 4.90 Å². The van der Waals surface area contributed by atoms with Crippen molar-refractivity contribution >= 4 is 23.6 Å². The zero-order valence-corrected chi connectivity index (χ0v) is 9.71. The number of hydrogen-bond acceptors (Lipinski definition) is 4. The van der Waals surface area contributed by atoms with Gasteiger partial charge in [-0.05, 0) is 20.1 Å². The average molecular weight is 230 g/mol. The van der Waals surface area contributed by atoms with Crippen LogP contribution in [0.5, 0.6) is 0 Å². The fourth-order valence-corrected chi connectivity index (χ4v) is 2.30. The largest absolute Gasteiger partial charge is 0.493 e. The molecule has 1 heterocycles. The quantitative estimate of drug-likeness (QED) is 0.764. The van der Waals surface area contributed by atoms with Gasteiger partial charge in [0.1, 0.15) is 5.57 Å². The number of rotatable bonds is 3. The lowest BCUT2D eigenvalue weighted by Gasteiger charge is -2.33. The maximum atomic E-state index is 10.9. The summed E-state index contributed by atoms with van der Waals surface area (Å²) in [4.78, 5) is 16.7. The molecule has 1 aliphatic heterocycles. The van der Waals surface area contributed by atoms with Crippen molar-refractivity contribution in [2.24, 2.45) is 4.99 Å². The van der Waals surface area contributed by atoms with E-state index in [-0.39, 0.29) is 17.0 Å². The highest BCUT2D eigenvalue weighted by atomic mass is 32.2. The molecule has 15 heavy (non-hydrogen) atoms. The van der Waals surface area contributed by atoms with E-state index in [1.54, 1.807) is 6.92 Å². The first-order chi connectivity index (χ1) is 7.02. The highest BCUT2D eigenvalue weighted by molar-refractivity contribution is 7.99.